The van der Waals surface area contributed by atoms with Crippen LogP contribution in [0.4, 0.5) is 5.69 Å². The number of benzene rings is 2. The molecule has 2 bridgehead atoms. The number of nitrogens with one attached hydrogen (secondary N) is 1. The average molecular weight is 688 g/mol. The number of aliphatic hydroxyl groups is 1. The van der Waals surface area contributed by atoms with Crippen LogP contribution in [0.5, 0.6) is 5.75 Å². The van der Waals surface area contributed by atoms with Crippen LogP contribution >= 0.6 is 11.6 Å². The van der Waals surface area contributed by atoms with Gasteiger partial charge in [0.1, 0.15) is 19.0 Å². The number of fused-ring (bicyclic) bond motifs is 3. The fourth-order valence-corrected chi connectivity index (χ4v) is 9.10. The Kier molecular flexibility index (Phi) is 10.4. The van der Waals surface area contributed by atoms with Gasteiger partial charge in [0.2, 0.25) is 15.9 Å². The highest BCUT2D eigenvalue weighted by molar-refractivity contribution is 7.90. The quantitative estimate of drug-likeness (QED) is 0.448. The number of morpholine rings is 1. The molecule has 6 atom stereocenters. The number of carbonyl (C=O) groups excluding carboxylic acids is 2. The summed E-state index contributed by atoms with van der Waals surface area (Å²) in [6.07, 6.45) is 4.61. The van der Waals surface area contributed by atoms with Gasteiger partial charge in [0.05, 0.1) is 23.6 Å². The van der Waals surface area contributed by atoms with Gasteiger partial charge in [-0.2, -0.15) is 0 Å². The van der Waals surface area contributed by atoms with Gasteiger partial charge >= 0.3 is 0 Å². The molecule has 0 spiro atoms. The number of amides is 2. The van der Waals surface area contributed by atoms with Crippen LogP contribution in [0.1, 0.15) is 73.9 Å². The maximum Gasteiger partial charge on any atom is 0.264 e. The molecule has 6 rings (SSSR count). The van der Waals surface area contributed by atoms with Crippen molar-refractivity contribution in [2.45, 2.75) is 82.8 Å². The van der Waals surface area contributed by atoms with Crippen LogP contribution in [0.15, 0.2) is 36.4 Å². The Labute approximate surface area is 282 Å². The molecule has 2 N–H and O–H groups in total. The SMILES string of the molecule is C[C@@H]1[C@@H](C)C[C@@H](N2CCOCC2=O)C[C@H](O)[C@@H]2CC[C@H]2CN2CCCCc3cc(Cl)ccc3COc3ccc(cc32)C(=O)NS1(=O)=O. The Hall–Kier alpha value is -2.86. The third kappa shape index (κ3) is 7.58. The van der Waals surface area contributed by atoms with Gasteiger partial charge in [-0.05, 0) is 111 Å². The van der Waals surface area contributed by atoms with E-state index < -0.39 is 33.2 Å². The maximum absolute atomic E-state index is 13.6. The van der Waals surface area contributed by atoms with Gasteiger partial charge in [0, 0.05) is 36.3 Å². The fourth-order valence-electron chi connectivity index (χ4n) is 7.62. The molecule has 1 aliphatic carbocycles. The Morgan fingerprint density at radius 1 is 0.979 bits per heavy atom. The number of rotatable bonds is 1. The molecule has 10 nitrogen and oxygen atoms in total. The predicted octanol–water partition coefficient (Wildman–Crippen LogP) is 4.55. The number of aliphatic hydroxyl groups excluding tert-OH is 1. The van der Waals surface area contributed by atoms with E-state index in [4.69, 9.17) is 21.1 Å². The van der Waals surface area contributed by atoms with Crippen LogP contribution in [0.2, 0.25) is 5.02 Å². The molecule has 0 aromatic heterocycles. The van der Waals surface area contributed by atoms with E-state index in [1.54, 1.807) is 30.0 Å². The van der Waals surface area contributed by atoms with Gasteiger partial charge in [-0.1, -0.05) is 24.6 Å². The van der Waals surface area contributed by atoms with E-state index in [2.05, 4.69) is 9.62 Å². The molecule has 12 heteroatoms. The lowest BCUT2D eigenvalue weighted by molar-refractivity contribution is -0.147. The van der Waals surface area contributed by atoms with E-state index in [-0.39, 0.29) is 36.0 Å². The highest BCUT2D eigenvalue weighted by atomic mass is 35.5. The maximum atomic E-state index is 13.6. The molecular formula is C35H46ClN3O7S. The van der Waals surface area contributed by atoms with Crippen molar-refractivity contribution in [1.29, 1.82) is 0 Å². The number of carbonyl (C=O) groups is 2. The van der Waals surface area contributed by atoms with Crippen molar-refractivity contribution in [2.75, 3.05) is 37.7 Å². The largest absolute Gasteiger partial charge is 0.487 e. The van der Waals surface area contributed by atoms with Crippen molar-refractivity contribution in [2.24, 2.45) is 17.8 Å². The van der Waals surface area contributed by atoms with Gasteiger partial charge in [-0.15, -0.1) is 0 Å². The van der Waals surface area contributed by atoms with Crippen molar-refractivity contribution in [3.8, 4) is 5.75 Å². The molecule has 4 aliphatic rings. The smallest absolute Gasteiger partial charge is 0.264 e. The van der Waals surface area contributed by atoms with Gasteiger partial charge in [0.25, 0.3) is 5.91 Å². The molecule has 256 valence electrons. The second-order valence-electron chi connectivity index (χ2n) is 13.8. The van der Waals surface area contributed by atoms with Crippen LogP contribution < -0.4 is 14.4 Å². The van der Waals surface area contributed by atoms with Crippen LogP contribution in [0.25, 0.3) is 0 Å². The van der Waals surface area contributed by atoms with Gasteiger partial charge in [0.15, 0.2) is 0 Å². The number of anilines is 1. The van der Waals surface area contributed by atoms with E-state index >= 15 is 0 Å². The second-order valence-corrected chi connectivity index (χ2v) is 16.3. The number of aryl methyl sites for hydroxylation is 1. The zero-order chi connectivity index (χ0) is 33.3. The average Bonchev–Trinajstić information content (AvgIpc) is 3.05. The first kappa shape index (κ1) is 34.0. The Morgan fingerprint density at radius 2 is 1.81 bits per heavy atom. The number of halogens is 1. The highest BCUT2D eigenvalue weighted by Gasteiger charge is 2.41. The minimum atomic E-state index is -4.07. The molecule has 1 saturated carbocycles. The first-order chi connectivity index (χ1) is 22.5. The third-order valence-corrected chi connectivity index (χ3v) is 13.0. The van der Waals surface area contributed by atoms with E-state index in [0.717, 1.165) is 48.9 Å². The summed E-state index contributed by atoms with van der Waals surface area (Å²) in [5.41, 5.74) is 3.17. The van der Waals surface area contributed by atoms with E-state index in [1.165, 1.54) is 0 Å². The minimum absolute atomic E-state index is 0.0217. The van der Waals surface area contributed by atoms with Crippen molar-refractivity contribution in [3.63, 3.8) is 0 Å². The van der Waals surface area contributed by atoms with Crippen LogP contribution in [-0.2, 0) is 32.6 Å². The second kappa shape index (κ2) is 14.3. The molecule has 2 amide bonds. The number of nitrogens with zero attached hydrogens (tertiary/aromatic N) is 2. The lowest BCUT2D eigenvalue weighted by Gasteiger charge is -2.45. The molecule has 0 radical (unpaired) electrons. The van der Waals surface area contributed by atoms with Crippen molar-refractivity contribution < 1.29 is 32.6 Å². The summed E-state index contributed by atoms with van der Waals surface area (Å²) in [5.74, 6) is -0.376. The van der Waals surface area contributed by atoms with E-state index in [0.29, 0.717) is 56.5 Å². The molecule has 2 aromatic carbocycles. The topological polar surface area (TPSA) is 125 Å². The summed E-state index contributed by atoms with van der Waals surface area (Å²) < 4.78 is 41.2. The summed E-state index contributed by atoms with van der Waals surface area (Å²) in [6.45, 7) is 5.89. The molecule has 2 fully saturated rings. The molecule has 3 aliphatic heterocycles. The zero-order valence-corrected chi connectivity index (χ0v) is 28.8. The standard InChI is InChI=1S/C35H46ClN3O7S/c1-22-15-29(39-13-14-45-21-34(39)41)18-32(40)30-10-7-26(30)19-38-12-4-3-5-24-16-28(36)9-6-27(24)20-46-33-11-8-25(17-31(33)38)35(42)37-47(43,44)23(22)2/h6,8-9,11,16-17,22-23,26,29-30,32,40H,3-5,7,10,12-15,18-21H2,1-2H3,(H,37,42)/t22-,23+,26-,29+,30+,32-/m0/s1. The highest BCUT2D eigenvalue weighted by Crippen LogP contribution is 2.42. The van der Waals surface area contributed by atoms with Gasteiger partial charge in [-0.3, -0.25) is 9.59 Å². The van der Waals surface area contributed by atoms with Crippen LogP contribution in [-0.4, -0.2) is 80.5 Å². The van der Waals surface area contributed by atoms with Crippen LogP contribution in [0.3, 0.4) is 0 Å². The predicted molar refractivity (Wildman–Crippen MR) is 180 cm³/mol. The summed E-state index contributed by atoms with van der Waals surface area (Å²) in [4.78, 5) is 30.5. The summed E-state index contributed by atoms with van der Waals surface area (Å²) in [5, 5.41) is 11.5. The Bertz CT molecular complexity index is 1590. The first-order valence-electron chi connectivity index (χ1n) is 16.9. The molecule has 47 heavy (non-hydrogen) atoms. The van der Waals surface area contributed by atoms with E-state index in [9.17, 15) is 23.1 Å². The van der Waals surface area contributed by atoms with E-state index in [1.807, 2.05) is 25.1 Å². The van der Waals surface area contributed by atoms with Gasteiger partial charge in [-0.25, -0.2) is 13.1 Å². The monoisotopic (exact) mass is 687 g/mol. The summed E-state index contributed by atoms with van der Waals surface area (Å²) in [7, 11) is -4.07. The summed E-state index contributed by atoms with van der Waals surface area (Å²) in [6, 6.07) is 10.6. The van der Waals surface area contributed by atoms with Crippen molar-refractivity contribution >= 4 is 39.1 Å². The normalized spacial score (nSPS) is 30.5. The lowest BCUT2D eigenvalue weighted by Crippen LogP contribution is -2.52. The fraction of sp³-hybridized carbons (Fsp3) is 0.600. The summed E-state index contributed by atoms with van der Waals surface area (Å²) >= 11 is 6.33. The Balaban J connectivity index is 1.36. The number of hydrogen-bond donors (Lipinski definition) is 2. The Morgan fingerprint density at radius 3 is 2.57 bits per heavy atom. The molecule has 3 heterocycles. The molecular weight excluding hydrogens is 642 g/mol. The number of sulfonamides is 1. The molecule has 1 saturated heterocycles. The third-order valence-electron chi connectivity index (χ3n) is 10.8. The number of hydrogen-bond acceptors (Lipinski definition) is 8. The van der Waals surface area contributed by atoms with Gasteiger partial charge < -0.3 is 24.4 Å². The van der Waals surface area contributed by atoms with Crippen molar-refractivity contribution in [3.05, 3.63) is 58.1 Å². The number of ether oxygens (including phenoxy) is 2. The lowest BCUT2D eigenvalue weighted by atomic mass is 9.68. The molecule has 2 aromatic rings. The minimum Gasteiger partial charge on any atom is -0.487 e. The van der Waals surface area contributed by atoms with Crippen molar-refractivity contribution in [1.82, 2.24) is 9.62 Å². The first-order valence-corrected chi connectivity index (χ1v) is 18.8. The zero-order valence-electron chi connectivity index (χ0n) is 27.2. The molecule has 0 unspecified atom stereocenters. The van der Waals surface area contributed by atoms with Crippen LogP contribution in [0, 0.1) is 17.8 Å².